The van der Waals surface area contributed by atoms with E-state index in [4.69, 9.17) is 14.6 Å². The number of amides is 2. The van der Waals surface area contributed by atoms with Crippen LogP contribution in [-0.4, -0.2) is 67.4 Å². The van der Waals surface area contributed by atoms with E-state index in [0.29, 0.717) is 25.6 Å². The summed E-state index contributed by atoms with van der Waals surface area (Å²) in [7, 11) is 1.66. The number of carbonyl (C=O) groups is 3. The number of nitrogens with one attached hydrogen (secondary N) is 1. The standard InChI is InChI=1S/C27H32N2O6/c1-34-16-18-12-14-29(15-13-18)26(32)24(10-11-25(30)31)28-27(33)35-17-23-21-8-4-2-6-19(21)20-7-3-5-9-22(20)23/h2-9,18,23-24H,10-17H2,1H3,(H,28,33)(H,30,31). The molecule has 8 heteroatoms. The Kier molecular flexibility index (Phi) is 8.02. The van der Waals surface area contributed by atoms with E-state index in [1.54, 1.807) is 12.0 Å². The van der Waals surface area contributed by atoms with Gasteiger partial charge in [-0.25, -0.2) is 4.79 Å². The minimum atomic E-state index is -1.02. The number of fused-ring (bicyclic) bond motifs is 3. The summed E-state index contributed by atoms with van der Waals surface area (Å²) in [6.45, 7) is 1.90. The average Bonchev–Trinajstić information content (AvgIpc) is 3.19. The molecule has 1 aliphatic carbocycles. The van der Waals surface area contributed by atoms with Gasteiger partial charge in [0.15, 0.2) is 0 Å². The van der Waals surface area contributed by atoms with Crippen molar-refractivity contribution in [2.24, 2.45) is 5.92 Å². The fraction of sp³-hybridized carbons (Fsp3) is 0.444. The van der Waals surface area contributed by atoms with Crippen LogP contribution in [0.3, 0.4) is 0 Å². The first kappa shape index (κ1) is 24.7. The van der Waals surface area contributed by atoms with Crippen molar-refractivity contribution >= 4 is 18.0 Å². The van der Waals surface area contributed by atoms with Crippen molar-refractivity contribution in [3.05, 3.63) is 59.7 Å². The summed E-state index contributed by atoms with van der Waals surface area (Å²) in [6, 6.07) is 15.2. The van der Waals surface area contributed by atoms with E-state index in [2.05, 4.69) is 17.4 Å². The number of carboxylic acids is 1. The summed E-state index contributed by atoms with van der Waals surface area (Å²) in [4.78, 5) is 38.7. The maximum absolute atomic E-state index is 13.1. The number of rotatable bonds is 9. The van der Waals surface area contributed by atoms with Crippen molar-refractivity contribution in [2.45, 2.75) is 37.6 Å². The minimum absolute atomic E-state index is 0.0103. The Morgan fingerprint density at radius 2 is 1.60 bits per heavy atom. The monoisotopic (exact) mass is 480 g/mol. The summed E-state index contributed by atoms with van der Waals surface area (Å²) in [6.07, 6.45) is 0.702. The highest BCUT2D eigenvalue weighted by Crippen LogP contribution is 2.44. The lowest BCUT2D eigenvalue weighted by Crippen LogP contribution is -2.51. The first-order valence-electron chi connectivity index (χ1n) is 12.1. The zero-order valence-electron chi connectivity index (χ0n) is 19.9. The molecule has 2 aromatic carbocycles. The third kappa shape index (κ3) is 5.82. The first-order valence-corrected chi connectivity index (χ1v) is 12.1. The normalized spacial score (nSPS) is 16.3. The van der Waals surface area contributed by atoms with E-state index >= 15 is 0 Å². The SMILES string of the molecule is COCC1CCN(C(=O)C(CCC(=O)O)NC(=O)OCC2c3ccccc3-c3ccccc32)CC1. The third-order valence-electron chi connectivity index (χ3n) is 6.91. The lowest BCUT2D eigenvalue weighted by atomic mass is 9.97. The van der Waals surface area contributed by atoms with Gasteiger partial charge in [0.05, 0.1) is 0 Å². The number of hydrogen-bond acceptors (Lipinski definition) is 5. The van der Waals surface area contributed by atoms with Gasteiger partial charge < -0.3 is 24.8 Å². The molecular weight excluding hydrogens is 448 g/mol. The molecule has 0 spiro atoms. The van der Waals surface area contributed by atoms with E-state index in [-0.39, 0.29) is 31.3 Å². The lowest BCUT2D eigenvalue weighted by Gasteiger charge is -2.34. The number of carboxylic acid groups (broad SMARTS) is 1. The van der Waals surface area contributed by atoms with Gasteiger partial charge in [-0.2, -0.15) is 0 Å². The van der Waals surface area contributed by atoms with E-state index in [0.717, 1.165) is 35.1 Å². The minimum Gasteiger partial charge on any atom is -0.481 e. The zero-order chi connectivity index (χ0) is 24.8. The van der Waals surface area contributed by atoms with E-state index in [1.807, 2.05) is 36.4 Å². The van der Waals surface area contributed by atoms with Crippen LogP contribution < -0.4 is 5.32 Å². The van der Waals surface area contributed by atoms with Gasteiger partial charge in [-0.1, -0.05) is 48.5 Å². The van der Waals surface area contributed by atoms with Crippen molar-refractivity contribution in [1.82, 2.24) is 10.2 Å². The summed E-state index contributed by atoms with van der Waals surface area (Å²) in [5.41, 5.74) is 4.45. The Hall–Kier alpha value is -3.39. The fourth-order valence-corrected chi connectivity index (χ4v) is 5.08. The van der Waals surface area contributed by atoms with Crippen LogP contribution in [0.5, 0.6) is 0 Å². The fourth-order valence-electron chi connectivity index (χ4n) is 5.08. The summed E-state index contributed by atoms with van der Waals surface area (Å²) in [5, 5.41) is 11.8. The predicted molar refractivity (Wildman–Crippen MR) is 130 cm³/mol. The number of carbonyl (C=O) groups excluding carboxylic acids is 2. The van der Waals surface area contributed by atoms with E-state index in [9.17, 15) is 14.4 Å². The predicted octanol–water partition coefficient (Wildman–Crippen LogP) is 3.64. The highest BCUT2D eigenvalue weighted by atomic mass is 16.5. The topological polar surface area (TPSA) is 105 Å². The second kappa shape index (κ2) is 11.4. The molecule has 1 aliphatic heterocycles. The van der Waals surface area contributed by atoms with Gasteiger partial charge in [-0.3, -0.25) is 9.59 Å². The van der Waals surface area contributed by atoms with Gasteiger partial charge in [-0.05, 0) is 47.4 Å². The quantitative estimate of drug-likeness (QED) is 0.568. The molecule has 0 saturated carbocycles. The lowest BCUT2D eigenvalue weighted by molar-refractivity contribution is -0.138. The Morgan fingerprint density at radius 1 is 1.00 bits per heavy atom. The second-order valence-corrected chi connectivity index (χ2v) is 9.18. The number of aliphatic carboxylic acids is 1. The zero-order valence-corrected chi connectivity index (χ0v) is 19.9. The van der Waals surface area contributed by atoms with Crippen molar-refractivity contribution < 1.29 is 29.0 Å². The molecule has 1 saturated heterocycles. The van der Waals surface area contributed by atoms with Gasteiger partial charge in [-0.15, -0.1) is 0 Å². The van der Waals surface area contributed by atoms with Crippen molar-refractivity contribution in [3.8, 4) is 11.1 Å². The van der Waals surface area contributed by atoms with Gasteiger partial charge in [0, 0.05) is 39.1 Å². The number of methoxy groups -OCH3 is 1. The number of piperidine rings is 1. The molecule has 1 atom stereocenters. The van der Waals surface area contributed by atoms with Gasteiger partial charge >= 0.3 is 12.1 Å². The second-order valence-electron chi connectivity index (χ2n) is 9.18. The summed E-state index contributed by atoms with van der Waals surface area (Å²) >= 11 is 0. The Bertz CT molecular complexity index is 1020. The number of hydrogen-bond donors (Lipinski definition) is 2. The van der Waals surface area contributed by atoms with Gasteiger partial charge in [0.25, 0.3) is 0 Å². The Labute approximate surface area is 205 Å². The van der Waals surface area contributed by atoms with Crippen LogP contribution in [0.2, 0.25) is 0 Å². The summed E-state index contributed by atoms with van der Waals surface area (Å²) in [5.74, 6) is -0.982. The molecule has 0 radical (unpaired) electrons. The van der Waals surface area contributed by atoms with Crippen LogP contribution in [0.1, 0.15) is 42.7 Å². The van der Waals surface area contributed by atoms with E-state index in [1.165, 1.54) is 0 Å². The van der Waals surface area contributed by atoms with Crippen molar-refractivity contribution in [3.63, 3.8) is 0 Å². The van der Waals surface area contributed by atoms with Gasteiger partial charge in [0.1, 0.15) is 12.6 Å². The molecule has 8 nitrogen and oxygen atoms in total. The van der Waals surface area contributed by atoms with Crippen LogP contribution in [-0.2, 0) is 19.1 Å². The van der Waals surface area contributed by atoms with Crippen LogP contribution in [0.4, 0.5) is 4.79 Å². The van der Waals surface area contributed by atoms with Crippen LogP contribution in [0.25, 0.3) is 11.1 Å². The molecule has 4 rings (SSSR count). The largest absolute Gasteiger partial charge is 0.481 e. The number of ether oxygens (including phenoxy) is 2. The first-order chi connectivity index (χ1) is 17.0. The molecule has 2 aromatic rings. The highest BCUT2D eigenvalue weighted by Gasteiger charge is 2.32. The number of nitrogens with zero attached hydrogens (tertiary/aromatic N) is 1. The molecule has 2 aliphatic rings. The van der Waals surface area contributed by atoms with Gasteiger partial charge in [0.2, 0.25) is 5.91 Å². The molecule has 1 heterocycles. The molecular formula is C27H32N2O6. The molecule has 35 heavy (non-hydrogen) atoms. The average molecular weight is 481 g/mol. The molecule has 1 fully saturated rings. The Morgan fingerprint density at radius 3 is 2.17 bits per heavy atom. The maximum Gasteiger partial charge on any atom is 0.407 e. The van der Waals surface area contributed by atoms with Crippen LogP contribution in [0.15, 0.2) is 48.5 Å². The number of alkyl carbamates (subject to hydrolysis) is 1. The molecule has 1 unspecified atom stereocenters. The Balaban J connectivity index is 1.39. The summed E-state index contributed by atoms with van der Waals surface area (Å²) < 4.78 is 10.8. The highest BCUT2D eigenvalue weighted by molar-refractivity contribution is 5.86. The van der Waals surface area contributed by atoms with Crippen molar-refractivity contribution in [1.29, 1.82) is 0 Å². The third-order valence-corrected chi connectivity index (χ3v) is 6.91. The smallest absolute Gasteiger partial charge is 0.407 e. The molecule has 2 N–H and O–H groups in total. The molecule has 2 amide bonds. The number of benzene rings is 2. The van der Waals surface area contributed by atoms with Crippen molar-refractivity contribution in [2.75, 3.05) is 33.4 Å². The maximum atomic E-state index is 13.1. The van der Waals surface area contributed by atoms with E-state index < -0.39 is 18.1 Å². The number of likely N-dealkylation sites (tertiary alicyclic amines) is 1. The molecule has 0 aromatic heterocycles. The van der Waals surface area contributed by atoms with Crippen LogP contribution in [0, 0.1) is 5.92 Å². The van der Waals surface area contributed by atoms with Crippen LogP contribution >= 0.6 is 0 Å². The molecule has 0 bridgehead atoms. The molecule has 186 valence electrons.